The number of benzene rings is 2. The molecule has 5 heteroatoms. The molecule has 0 saturated heterocycles. The van der Waals surface area contributed by atoms with Crippen LogP contribution in [-0.2, 0) is 4.79 Å². The molecule has 26 heavy (non-hydrogen) atoms. The first-order valence-corrected chi connectivity index (χ1v) is 9.29. The van der Waals surface area contributed by atoms with Crippen molar-refractivity contribution in [2.24, 2.45) is 0 Å². The van der Waals surface area contributed by atoms with Crippen LogP contribution < -0.4 is 10.6 Å². The summed E-state index contributed by atoms with van der Waals surface area (Å²) in [5, 5.41) is 6.31. The number of rotatable bonds is 7. The predicted molar refractivity (Wildman–Crippen MR) is 106 cm³/mol. The van der Waals surface area contributed by atoms with Crippen molar-refractivity contribution in [1.29, 1.82) is 0 Å². The standard InChI is InChI=1S/C21H21BrN2O2/c1-15(16-9-11-18(22)12-10-16)24-20(25)14-23-21(19-8-5-13-26-19)17-6-3-2-4-7-17/h2-13,15,21,23H,14H2,1H3,(H,24,25)/t15-,21+/m0/s1. The van der Waals surface area contributed by atoms with Gasteiger partial charge in [-0.25, -0.2) is 0 Å². The number of amides is 1. The van der Waals surface area contributed by atoms with Crippen LogP contribution in [0.2, 0.25) is 0 Å². The highest BCUT2D eigenvalue weighted by Crippen LogP contribution is 2.22. The topological polar surface area (TPSA) is 54.3 Å². The molecular formula is C21H21BrN2O2. The number of carbonyl (C=O) groups excluding carboxylic acids is 1. The number of hydrogen-bond acceptors (Lipinski definition) is 3. The molecule has 1 heterocycles. The second-order valence-electron chi connectivity index (χ2n) is 6.08. The Bertz CT molecular complexity index is 817. The Hall–Kier alpha value is -2.37. The summed E-state index contributed by atoms with van der Waals surface area (Å²) in [6, 6.07) is 21.4. The van der Waals surface area contributed by atoms with Crippen LogP contribution in [0.5, 0.6) is 0 Å². The van der Waals surface area contributed by atoms with E-state index in [2.05, 4.69) is 26.6 Å². The zero-order valence-corrected chi connectivity index (χ0v) is 16.1. The van der Waals surface area contributed by atoms with Crippen molar-refractivity contribution in [2.45, 2.75) is 19.0 Å². The highest BCUT2D eigenvalue weighted by Gasteiger charge is 2.18. The van der Waals surface area contributed by atoms with Crippen molar-refractivity contribution in [3.05, 3.63) is 94.4 Å². The predicted octanol–water partition coefficient (Wildman–Crippen LogP) is 4.60. The molecule has 3 aromatic rings. The molecule has 4 nitrogen and oxygen atoms in total. The van der Waals surface area contributed by atoms with Crippen molar-refractivity contribution in [2.75, 3.05) is 6.54 Å². The van der Waals surface area contributed by atoms with Crippen LogP contribution in [0.1, 0.15) is 35.9 Å². The van der Waals surface area contributed by atoms with Gasteiger partial charge in [0.15, 0.2) is 0 Å². The lowest BCUT2D eigenvalue weighted by Crippen LogP contribution is -2.37. The average molecular weight is 413 g/mol. The second kappa shape index (κ2) is 8.83. The largest absolute Gasteiger partial charge is 0.467 e. The van der Waals surface area contributed by atoms with E-state index < -0.39 is 0 Å². The van der Waals surface area contributed by atoms with Crippen molar-refractivity contribution in [3.63, 3.8) is 0 Å². The van der Waals surface area contributed by atoms with E-state index in [-0.39, 0.29) is 24.5 Å². The molecule has 0 spiro atoms. The minimum absolute atomic E-state index is 0.0591. The van der Waals surface area contributed by atoms with Gasteiger partial charge in [-0.05, 0) is 42.3 Å². The van der Waals surface area contributed by atoms with Crippen molar-refractivity contribution >= 4 is 21.8 Å². The fourth-order valence-electron chi connectivity index (χ4n) is 2.81. The fourth-order valence-corrected chi connectivity index (χ4v) is 3.07. The van der Waals surface area contributed by atoms with E-state index in [1.165, 1.54) is 0 Å². The first-order valence-electron chi connectivity index (χ1n) is 8.50. The maximum Gasteiger partial charge on any atom is 0.234 e. The maximum atomic E-state index is 12.4. The van der Waals surface area contributed by atoms with Crippen LogP contribution in [-0.4, -0.2) is 12.5 Å². The summed E-state index contributed by atoms with van der Waals surface area (Å²) in [4.78, 5) is 12.4. The Labute approximate surface area is 161 Å². The Balaban J connectivity index is 1.62. The smallest absolute Gasteiger partial charge is 0.234 e. The molecule has 2 aromatic carbocycles. The molecule has 2 N–H and O–H groups in total. The molecule has 0 aliphatic carbocycles. The van der Waals surface area contributed by atoms with Gasteiger partial charge >= 0.3 is 0 Å². The zero-order chi connectivity index (χ0) is 18.4. The van der Waals surface area contributed by atoms with E-state index in [9.17, 15) is 4.79 Å². The third kappa shape index (κ3) is 4.84. The van der Waals surface area contributed by atoms with Crippen molar-refractivity contribution in [1.82, 2.24) is 10.6 Å². The SMILES string of the molecule is C[C@H](NC(=O)CN[C@H](c1ccccc1)c1ccco1)c1ccc(Br)cc1. The van der Waals surface area contributed by atoms with Crippen LogP contribution in [0.15, 0.2) is 81.9 Å². The van der Waals surface area contributed by atoms with Gasteiger partial charge in [-0.2, -0.15) is 0 Å². The summed E-state index contributed by atoms with van der Waals surface area (Å²) in [6.45, 7) is 2.17. The van der Waals surface area contributed by atoms with Crippen LogP contribution in [0.25, 0.3) is 0 Å². The van der Waals surface area contributed by atoms with Crippen molar-refractivity contribution in [3.8, 4) is 0 Å². The number of furan rings is 1. The zero-order valence-electron chi connectivity index (χ0n) is 14.5. The van der Waals surface area contributed by atoms with E-state index in [1.807, 2.05) is 73.7 Å². The molecule has 0 aliphatic rings. The summed E-state index contributed by atoms with van der Waals surface area (Å²) < 4.78 is 6.56. The molecule has 0 unspecified atom stereocenters. The maximum absolute atomic E-state index is 12.4. The van der Waals surface area contributed by atoms with Gasteiger partial charge in [-0.15, -0.1) is 0 Å². The summed E-state index contributed by atoms with van der Waals surface area (Å²) in [5.74, 6) is 0.720. The normalized spacial score (nSPS) is 13.2. The molecule has 0 radical (unpaired) electrons. The number of nitrogens with one attached hydrogen (secondary N) is 2. The second-order valence-corrected chi connectivity index (χ2v) is 7.00. The lowest BCUT2D eigenvalue weighted by atomic mass is 10.0. The molecule has 1 aromatic heterocycles. The molecule has 1 amide bonds. The Morgan fingerprint density at radius 1 is 1.00 bits per heavy atom. The Morgan fingerprint density at radius 3 is 2.38 bits per heavy atom. The third-order valence-corrected chi connectivity index (χ3v) is 4.70. The number of halogens is 1. The first-order chi connectivity index (χ1) is 12.6. The molecule has 0 aliphatic heterocycles. The van der Waals surface area contributed by atoms with E-state index in [1.54, 1.807) is 6.26 Å². The van der Waals surface area contributed by atoms with Crippen LogP contribution in [0, 0.1) is 0 Å². The summed E-state index contributed by atoms with van der Waals surface area (Å²) in [5.41, 5.74) is 2.11. The summed E-state index contributed by atoms with van der Waals surface area (Å²) in [7, 11) is 0. The van der Waals surface area contributed by atoms with Gasteiger partial charge < -0.3 is 9.73 Å². The molecule has 134 valence electrons. The molecule has 2 atom stereocenters. The Morgan fingerprint density at radius 2 is 1.73 bits per heavy atom. The van der Waals surface area contributed by atoms with Gasteiger partial charge in [-0.1, -0.05) is 58.4 Å². The van der Waals surface area contributed by atoms with Crippen LogP contribution in [0.4, 0.5) is 0 Å². The average Bonchev–Trinajstić information content (AvgIpc) is 3.17. The highest BCUT2D eigenvalue weighted by molar-refractivity contribution is 9.10. The number of carbonyl (C=O) groups is 1. The van der Waals surface area contributed by atoms with E-state index in [4.69, 9.17) is 4.42 Å². The molecular weight excluding hydrogens is 392 g/mol. The molecule has 0 saturated carbocycles. The quantitative estimate of drug-likeness (QED) is 0.596. The van der Waals surface area contributed by atoms with Crippen LogP contribution in [0.3, 0.4) is 0 Å². The molecule has 0 bridgehead atoms. The molecule has 3 rings (SSSR count). The minimum atomic E-state index is -0.167. The summed E-state index contributed by atoms with van der Waals surface area (Å²) >= 11 is 3.42. The van der Waals surface area contributed by atoms with Crippen LogP contribution >= 0.6 is 15.9 Å². The third-order valence-electron chi connectivity index (χ3n) is 4.17. The van der Waals surface area contributed by atoms with Gasteiger partial charge in [0.2, 0.25) is 5.91 Å². The van der Waals surface area contributed by atoms with Gasteiger partial charge in [-0.3, -0.25) is 10.1 Å². The number of hydrogen-bond donors (Lipinski definition) is 2. The highest BCUT2D eigenvalue weighted by atomic mass is 79.9. The van der Waals surface area contributed by atoms with E-state index in [0.717, 1.165) is 21.4 Å². The fraction of sp³-hybridized carbons (Fsp3) is 0.190. The van der Waals surface area contributed by atoms with Gasteiger partial charge in [0.1, 0.15) is 5.76 Å². The van der Waals surface area contributed by atoms with Gasteiger partial charge in [0, 0.05) is 4.47 Å². The molecule has 0 fully saturated rings. The lowest BCUT2D eigenvalue weighted by Gasteiger charge is -2.19. The summed E-state index contributed by atoms with van der Waals surface area (Å²) in [6.07, 6.45) is 1.64. The first kappa shape index (κ1) is 18.4. The Kier molecular flexibility index (Phi) is 6.26. The monoisotopic (exact) mass is 412 g/mol. The van der Waals surface area contributed by atoms with E-state index in [0.29, 0.717) is 0 Å². The van der Waals surface area contributed by atoms with E-state index >= 15 is 0 Å². The van der Waals surface area contributed by atoms with Gasteiger partial charge in [0.05, 0.1) is 24.9 Å². The van der Waals surface area contributed by atoms with Gasteiger partial charge in [0.25, 0.3) is 0 Å². The lowest BCUT2D eigenvalue weighted by molar-refractivity contribution is -0.121. The van der Waals surface area contributed by atoms with Crippen molar-refractivity contribution < 1.29 is 9.21 Å². The minimum Gasteiger partial charge on any atom is -0.467 e.